The lowest BCUT2D eigenvalue weighted by Crippen LogP contribution is -2.08. The van der Waals surface area contributed by atoms with Gasteiger partial charge in [-0.15, -0.1) is 0 Å². The van der Waals surface area contributed by atoms with E-state index in [1.54, 1.807) is 24.3 Å². The van der Waals surface area contributed by atoms with Crippen LogP contribution >= 0.6 is 0 Å². The summed E-state index contributed by atoms with van der Waals surface area (Å²) in [5.74, 6) is 0.196. The Bertz CT molecular complexity index is 950. The summed E-state index contributed by atoms with van der Waals surface area (Å²) in [6, 6.07) is 16.7. The maximum atomic E-state index is 12.2. The second-order valence-corrected chi connectivity index (χ2v) is 4.99. The summed E-state index contributed by atoms with van der Waals surface area (Å²) in [6.45, 7) is 0. The van der Waals surface area contributed by atoms with Crippen molar-refractivity contribution in [2.24, 2.45) is 0 Å². The van der Waals surface area contributed by atoms with Crippen molar-refractivity contribution in [1.82, 2.24) is 0 Å². The highest BCUT2D eigenvalue weighted by atomic mass is 16.5. The minimum Gasteiger partial charge on any atom is -0.493 e. The number of ether oxygens (including phenoxy) is 1. The number of methoxy groups -OCH3 is 1. The van der Waals surface area contributed by atoms with Crippen molar-refractivity contribution in [1.29, 1.82) is 5.26 Å². The highest BCUT2D eigenvalue weighted by molar-refractivity contribution is 6.09. The van der Waals surface area contributed by atoms with Crippen LogP contribution in [0.1, 0.15) is 11.3 Å². The fourth-order valence-electron chi connectivity index (χ4n) is 2.36. The zero-order valence-electron chi connectivity index (χ0n) is 12.9. The van der Waals surface area contributed by atoms with Gasteiger partial charge in [0.25, 0.3) is 0 Å². The lowest BCUT2D eigenvalue weighted by Gasteiger charge is -2.01. The summed E-state index contributed by atoms with van der Waals surface area (Å²) in [5, 5.41) is 12.6. The van der Waals surface area contributed by atoms with Gasteiger partial charge in [-0.05, 0) is 23.8 Å². The first-order valence-electron chi connectivity index (χ1n) is 7.26. The molecule has 1 N–H and O–H groups in total. The molecule has 5 nitrogen and oxygen atoms in total. The zero-order valence-corrected chi connectivity index (χ0v) is 12.9. The molecule has 118 valence electrons. The van der Waals surface area contributed by atoms with Crippen molar-refractivity contribution in [3.8, 4) is 11.8 Å². The smallest absolute Gasteiger partial charge is 0.248 e. The fraction of sp³-hybridized carbons (Fsp3) is 0.0526. The first-order chi connectivity index (χ1) is 11.7. The predicted octanol–water partition coefficient (Wildman–Crippen LogP) is 3.96. The number of nitriles is 1. The van der Waals surface area contributed by atoms with Crippen LogP contribution in [0.3, 0.4) is 0 Å². The average Bonchev–Trinajstić information content (AvgIpc) is 2.98. The minimum atomic E-state index is -0.346. The van der Waals surface area contributed by atoms with Crippen LogP contribution < -0.4 is 10.1 Å². The van der Waals surface area contributed by atoms with Crippen LogP contribution in [0.2, 0.25) is 0 Å². The SMILES string of the molecule is COc1cccc2c(NC(=O)/C=C/c3ccccc3)c(C#N)oc12. The van der Waals surface area contributed by atoms with Crippen molar-refractivity contribution < 1.29 is 13.9 Å². The standard InChI is InChI=1S/C19H14N2O3/c1-23-15-9-5-8-14-18(16(12-20)24-19(14)15)21-17(22)11-10-13-6-3-2-4-7-13/h2-11H,1H3,(H,21,22)/b11-10+. The van der Waals surface area contributed by atoms with Crippen LogP contribution in [-0.4, -0.2) is 13.0 Å². The Kier molecular flexibility index (Phi) is 4.30. The second-order valence-electron chi connectivity index (χ2n) is 4.99. The molecule has 0 fully saturated rings. The van der Waals surface area contributed by atoms with Crippen molar-refractivity contribution >= 4 is 28.6 Å². The second kappa shape index (κ2) is 6.71. The van der Waals surface area contributed by atoms with Gasteiger partial charge in [0, 0.05) is 11.5 Å². The van der Waals surface area contributed by atoms with Gasteiger partial charge in [-0.25, -0.2) is 0 Å². The summed E-state index contributed by atoms with van der Waals surface area (Å²) in [4.78, 5) is 12.2. The van der Waals surface area contributed by atoms with Crippen LogP contribution in [0.25, 0.3) is 17.0 Å². The Labute approximate surface area is 138 Å². The zero-order chi connectivity index (χ0) is 16.9. The van der Waals surface area contributed by atoms with Gasteiger partial charge in [0.1, 0.15) is 11.8 Å². The number of nitrogens with zero attached hydrogens (tertiary/aromatic N) is 1. The van der Waals surface area contributed by atoms with Gasteiger partial charge in [-0.3, -0.25) is 4.79 Å². The van der Waals surface area contributed by atoms with E-state index in [-0.39, 0.29) is 11.7 Å². The molecule has 1 amide bonds. The number of amides is 1. The molecule has 3 aromatic rings. The van der Waals surface area contributed by atoms with E-state index in [0.717, 1.165) is 5.56 Å². The Morgan fingerprint density at radius 2 is 2.00 bits per heavy atom. The first kappa shape index (κ1) is 15.4. The molecule has 1 aromatic heterocycles. The molecule has 2 aromatic carbocycles. The van der Waals surface area contributed by atoms with Gasteiger partial charge >= 0.3 is 0 Å². The van der Waals surface area contributed by atoms with Crippen molar-refractivity contribution in [2.45, 2.75) is 0 Å². The molecule has 0 aliphatic heterocycles. The molecule has 5 heteroatoms. The Morgan fingerprint density at radius 1 is 1.21 bits per heavy atom. The topological polar surface area (TPSA) is 75.3 Å². The number of hydrogen-bond donors (Lipinski definition) is 1. The molecule has 0 atom stereocenters. The number of para-hydroxylation sites is 1. The van der Waals surface area contributed by atoms with Crippen molar-refractivity contribution in [2.75, 3.05) is 12.4 Å². The molecular formula is C19H14N2O3. The Hall–Kier alpha value is -3.52. The predicted molar refractivity (Wildman–Crippen MR) is 91.6 cm³/mol. The van der Waals surface area contributed by atoms with Gasteiger partial charge in [-0.1, -0.05) is 36.4 Å². The van der Waals surface area contributed by atoms with Crippen LogP contribution in [0.4, 0.5) is 5.69 Å². The largest absolute Gasteiger partial charge is 0.493 e. The third kappa shape index (κ3) is 2.99. The van der Waals surface area contributed by atoms with Gasteiger partial charge < -0.3 is 14.5 Å². The van der Waals surface area contributed by atoms with E-state index in [9.17, 15) is 10.1 Å². The van der Waals surface area contributed by atoms with Gasteiger partial charge in [-0.2, -0.15) is 5.26 Å². The number of anilines is 1. The third-order valence-electron chi connectivity index (χ3n) is 3.48. The lowest BCUT2D eigenvalue weighted by atomic mass is 10.2. The van der Waals surface area contributed by atoms with E-state index in [1.165, 1.54) is 13.2 Å². The molecule has 0 spiro atoms. The molecule has 0 unspecified atom stereocenters. The number of furan rings is 1. The molecular weight excluding hydrogens is 304 g/mol. The number of rotatable bonds is 4. The highest BCUT2D eigenvalue weighted by Crippen LogP contribution is 2.35. The normalized spacial score (nSPS) is 10.7. The molecule has 3 rings (SSSR count). The number of carbonyl (C=O) groups excluding carboxylic acids is 1. The van der Waals surface area contributed by atoms with Crippen molar-refractivity contribution in [3.63, 3.8) is 0 Å². The monoisotopic (exact) mass is 318 g/mol. The Morgan fingerprint density at radius 3 is 2.71 bits per heavy atom. The maximum absolute atomic E-state index is 12.2. The van der Waals surface area contributed by atoms with Gasteiger partial charge in [0.15, 0.2) is 11.3 Å². The minimum absolute atomic E-state index is 0.0379. The molecule has 0 saturated heterocycles. The van der Waals surface area contributed by atoms with Crippen LogP contribution in [-0.2, 0) is 4.79 Å². The number of benzene rings is 2. The molecule has 24 heavy (non-hydrogen) atoms. The van der Waals surface area contributed by atoms with Crippen LogP contribution in [0.15, 0.2) is 59.0 Å². The maximum Gasteiger partial charge on any atom is 0.248 e. The van der Waals surface area contributed by atoms with Crippen LogP contribution in [0.5, 0.6) is 5.75 Å². The molecule has 0 aliphatic carbocycles. The van der Waals surface area contributed by atoms with E-state index in [0.29, 0.717) is 22.4 Å². The summed E-state index contributed by atoms with van der Waals surface area (Å²) in [5.41, 5.74) is 1.68. The lowest BCUT2D eigenvalue weighted by molar-refractivity contribution is -0.111. The summed E-state index contributed by atoms with van der Waals surface area (Å²) in [7, 11) is 1.52. The molecule has 1 heterocycles. The van der Waals surface area contributed by atoms with E-state index < -0.39 is 0 Å². The summed E-state index contributed by atoms with van der Waals surface area (Å²) in [6.07, 6.45) is 3.11. The molecule has 0 bridgehead atoms. The van der Waals surface area contributed by atoms with E-state index >= 15 is 0 Å². The highest BCUT2D eigenvalue weighted by Gasteiger charge is 2.18. The summed E-state index contributed by atoms with van der Waals surface area (Å²) >= 11 is 0. The van der Waals surface area contributed by atoms with Crippen LogP contribution in [0, 0.1) is 11.3 Å². The quantitative estimate of drug-likeness (QED) is 0.739. The van der Waals surface area contributed by atoms with E-state index in [4.69, 9.17) is 9.15 Å². The number of hydrogen-bond acceptors (Lipinski definition) is 4. The first-order valence-corrected chi connectivity index (χ1v) is 7.26. The van der Waals surface area contributed by atoms with E-state index in [2.05, 4.69) is 5.32 Å². The van der Waals surface area contributed by atoms with Crippen molar-refractivity contribution in [3.05, 3.63) is 65.9 Å². The van der Waals surface area contributed by atoms with Gasteiger partial charge in [0.05, 0.1) is 7.11 Å². The third-order valence-corrected chi connectivity index (χ3v) is 3.48. The van der Waals surface area contributed by atoms with E-state index in [1.807, 2.05) is 36.4 Å². The molecule has 0 radical (unpaired) electrons. The number of fused-ring (bicyclic) bond motifs is 1. The molecule has 0 aliphatic rings. The summed E-state index contributed by atoms with van der Waals surface area (Å²) < 4.78 is 10.7. The number of nitrogens with one attached hydrogen (secondary N) is 1. The fourth-order valence-corrected chi connectivity index (χ4v) is 2.36. The Balaban J connectivity index is 1.91. The average molecular weight is 318 g/mol. The number of carbonyl (C=O) groups is 1. The van der Waals surface area contributed by atoms with Gasteiger partial charge in [0.2, 0.25) is 11.7 Å². The molecule has 0 saturated carbocycles.